The molecule has 0 radical (unpaired) electrons. The van der Waals surface area contributed by atoms with Gasteiger partial charge in [0.15, 0.2) is 5.70 Å². The fourth-order valence-corrected chi connectivity index (χ4v) is 2.00. The Balaban J connectivity index is 6.19. The minimum atomic E-state index is -0.976. The van der Waals surface area contributed by atoms with E-state index >= 15 is 0 Å². The molecule has 0 spiro atoms. The van der Waals surface area contributed by atoms with Crippen LogP contribution in [0.15, 0.2) is 33.6 Å². The second kappa shape index (κ2) is 8.96. The number of halogens is 2. The molecule has 0 saturated heterocycles. The highest BCUT2D eigenvalue weighted by Gasteiger charge is 2.26. The zero-order chi connectivity index (χ0) is 16.7. The molecule has 0 aromatic heterocycles. The second-order valence-electron chi connectivity index (χ2n) is 4.58. The van der Waals surface area contributed by atoms with Crippen LogP contribution in [0.2, 0.25) is 0 Å². The van der Waals surface area contributed by atoms with Crippen molar-refractivity contribution in [2.45, 2.75) is 40.7 Å². The number of hydrazine groups is 1. The van der Waals surface area contributed by atoms with E-state index in [0.717, 1.165) is 10.6 Å². The summed E-state index contributed by atoms with van der Waals surface area (Å²) in [6, 6.07) is -0.251. The molecule has 0 aliphatic carbocycles. The van der Waals surface area contributed by atoms with Crippen molar-refractivity contribution in [2.24, 2.45) is 11.6 Å². The molecule has 0 atom stereocenters. The first-order valence-corrected chi connectivity index (χ1v) is 7.24. The standard InChI is InChI=1S/C13H21ClFN3O2S/c1-6-8(4)10(9(5)14)11(16)12(13(19)20-21-15)18(17)7(2)3/h6-7H,16-17H2,1-5H3/b8-6-,10-9-,12-11-. The van der Waals surface area contributed by atoms with Crippen LogP contribution in [0.1, 0.15) is 34.6 Å². The van der Waals surface area contributed by atoms with E-state index in [2.05, 4.69) is 4.18 Å². The minimum Gasteiger partial charge on any atom is -0.396 e. The Hall–Kier alpha value is -1.18. The van der Waals surface area contributed by atoms with E-state index < -0.39 is 18.4 Å². The molecule has 21 heavy (non-hydrogen) atoms. The van der Waals surface area contributed by atoms with Gasteiger partial charge in [0.1, 0.15) is 0 Å². The van der Waals surface area contributed by atoms with Crippen molar-refractivity contribution in [3.05, 3.63) is 33.6 Å². The molecule has 0 aromatic rings. The van der Waals surface area contributed by atoms with Crippen LogP contribution in [0.25, 0.3) is 0 Å². The number of hydrogen-bond donors (Lipinski definition) is 2. The molecule has 0 amide bonds. The SMILES string of the molecule is C\C=C(C)/C(=C(\C)Cl)C(/N)=C(\C(=O)OSF)N(N)C(C)C. The lowest BCUT2D eigenvalue weighted by molar-refractivity contribution is -0.131. The summed E-state index contributed by atoms with van der Waals surface area (Å²) in [6.07, 6.45) is 1.79. The highest BCUT2D eigenvalue weighted by molar-refractivity contribution is 7.89. The Morgan fingerprint density at radius 2 is 1.95 bits per heavy atom. The summed E-state index contributed by atoms with van der Waals surface area (Å²) in [5.74, 6) is 4.87. The monoisotopic (exact) mass is 337 g/mol. The van der Waals surface area contributed by atoms with Crippen LogP contribution in [0.5, 0.6) is 0 Å². The zero-order valence-corrected chi connectivity index (χ0v) is 14.3. The first-order valence-electron chi connectivity index (χ1n) is 6.22. The van der Waals surface area contributed by atoms with Crippen LogP contribution in [0.3, 0.4) is 0 Å². The maximum absolute atomic E-state index is 12.2. The lowest BCUT2D eigenvalue weighted by Crippen LogP contribution is -2.41. The van der Waals surface area contributed by atoms with E-state index in [0.29, 0.717) is 10.6 Å². The summed E-state index contributed by atoms with van der Waals surface area (Å²) in [5, 5.41) is 1.51. The van der Waals surface area contributed by atoms with Crippen molar-refractivity contribution >= 4 is 30.0 Å². The molecule has 0 aliphatic rings. The Kier molecular flexibility index (Phi) is 8.46. The van der Waals surface area contributed by atoms with Gasteiger partial charge in [-0.1, -0.05) is 17.7 Å². The Morgan fingerprint density at radius 3 is 2.29 bits per heavy atom. The van der Waals surface area contributed by atoms with Crippen molar-refractivity contribution in [1.82, 2.24) is 5.01 Å². The van der Waals surface area contributed by atoms with Crippen molar-refractivity contribution in [3.63, 3.8) is 0 Å². The highest BCUT2D eigenvalue weighted by Crippen LogP contribution is 2.27. The number of carbonyl (C=O) groups excluding carboxylic acids is 1. The average Bonchev–Trinajstić information content (AvgIpc) is 2.38. The van der Waals surface area contributed by atoms with Crippen LogP contribution in [-0.4, -0.2) is 17.0 Å². The molecule has 5 nitrogen and oxygen atoms in total. The lowest BCUT2D eigenvalue weighted by Gasteiger charge is -2.26. The van der Waals surface area contributed by atoms with E-state index in [9.17, 15) is 8.68 Å². The van der Waals surface area contributed by atoms with Gasteiger partial charge in [0.25, 0.3) is 12.4 Å². The topological polar surface area (TPSA) is 81.6 Å². The summed E-state index contributed by atoms with van der Waals surface area (Å²) < 4.78 is 16.5. The van der Waals surface area contributed by atoms with Gasteiger partial charge in [-0.15, -0.1) is 3.89 Å². The molecule has 0 unspecified atom stereocenters. The normalized spacial score (nSPS) is 14.6. The van der Waals surface area contributed by atoms with Gasteiger partial charge in [0.2, 0.25) is 0 Å². The van der Waals surface area contributed by atoms with E-state index in [1.54, 1.807) is 40.7 Å². The average molecular weight is 338 g/mol. The zero-order valence-electron chi connectivity index (χ0n) is 12.7. The molecule has 8 heteroatoms. The number of nitrogens with zero attached hydrogens (tertiary/aromatic N) is 1. The van der Waals surface area contributed by atoms with Gasteiger partial charge < -0.3 is 14.9 Å². The molecule has 4 N–H and O–H groups in total. The summed E-state index contributed by atoms with van der Waals surface area (Å²) >= 11 is 5.49. The lowest BCUT2D eigenvalue weighted by atomic mass is 10.0. The van der Waals surface area contributed by atoms with Crippen LogP contribution in [0, 0.1) is 0 Å². The maximum Gasteiger partial charge on any atom is 0.372 e. The van der Waals surface area contributed by atoms with Crippen LogP contribution >= 0.6 is 24.0 Å². The van der Waals surface area contributed by atoms with Crippen molar-refractivity contribution in [3.8, 4) is 0 Å². The first kappa shape index (κ1) is 19.8. The molecule has 0 heterocycles. The van der Waals surface area contributed by atoms with Gasteiger partial charge in [-0.05, 0) is 40.2 Å². The maximum atomic E-state index is 12.2. The van der Waals surface area contributed by atoms with Crippen LogP contribution in [0.4, 0.5) is 3.89 Å². The Labute approximate surface area is 134 Å². The quantitative estimate of drug-likeness (QED) is 0.254. The fraction of sp³-hybridized carbons (Fsp3) is 0.462. The molecule has 0 aliphatic heterocycles. The minimum absolute atomic E-state index is 0.0355. The number of rotatable bonds is 6. The summed E-state index contributed by atoms with van der Waals surface area (Å²) in [5.41, 5.74) is 7.16. The van der Waals surface area contributed by atoms with E-state index in [4.69, 9.17) is 23.2 Å². The van der Waals surface area contributed by atoms with Crippen molar-refractivity contribution in [1.29, 1.82) is 0 Å². The number of nitrogens with two attached hydrogens (primary N) is 2. The second-order valence-corrected chi connectivity index (χ2v) is 5.44. The Bertz CT molecular complexity index is 486. The van der Waals surface area contributed by atoms with E-state index in [-0.39, 0.29) is 17.4 Å². The number of carbonyl (C=O) groups is 1. The summed E-state index contributed by atoms with van der Waals surface area (Å²) in [4.78, 5) is 11.9. The molecule has 0 fully saturated rings. The van der Waals surface area contributed by atoms with Crippen molar-refractivity contribution < 1.29 is 12.9 Å². The van der Waals surface area contributed by atoms with Crippen LogP contribution in [-0.2, 0) is 8.98 Å². The third-order valence-electron chi connectivity index (χ3n) is 2.81. The smallest absolute Gasteiger partial charge is 0.372 e. The molecule has 0 rings (SSSR count). The highest BCUT2D eigenvalue weighted by atomic mass is 35.5. The Morgan fingerprint density at radius 1 is 1.43 bits per heavy atom. The van der Waals surface area contributed by atoms with Gasteiger partial charge in [-0.2, -0.15) is 0 Å². The predicted molar refractivity (Wildman–Crippen MR) is 85.2 cm³/mol. The molecule has 0 saturated carbocycles. The van der Waals surface area contributed by atoms with Gasteiger partial charge in [0, 0.05) is 16.6 Å². The van der Waals surface area contributed by atoms with Crippen LogP contribution < -0.4 is 11.6 Å². The summed E-state index contributed by atoms with van der Waals surface area (Å²) in [6.45, 7) is 8.74. The molecular weight excluding hydrogens is 317 g/mol. The third-order valence-corrected chi connectivity index (χ3v) is 3.21. The van der Waals surface area contributed by atoms with Gasteiger partial charge in [-0.3, -0.25) is 0 Å². The largest absolute Gasteiger partial charge is 0.396 e. The number of allylic oxidation sites excluding steroid dienone is 3. The number of hydrogen-bond acceptors (Lipinski definition) is 6. The van der Waals surface area contributed by atoms with Gasteiger partial charge in [0.05, 0.1) is 5.70 Å². The first-order chi connectivity index (χ1) is 9.68. The van der Waals surface area contributed by atoms with Gasteiger partial charge in [-0.25, -0.2) is 10.6 Å². The molecule has 120 valence electrons. The van der Waals surface area contributed by atoms with Gasteiger partial charge >= 0.3 is 5.97 Å². The molecular formula is C13H21ClFN3O2S. The van der Waals surface area contributed by atoms with E-state index in [1.807, 2.05) is 0 Å². The molecule has 0 bridgehead atoms. The van der Waals surface area contributed by atoms with E-state index in [1.165, 1.54) is 0 Å². The summed E-state index contributed by atoms with van der Waals surface area (Å²) in [7, 11) is 0. The predicted octanol–water partition coefficient (Wildman–Crippen LogP) is 3.30. The molecule has 0 aromatic carbocycles. The fourth-order valence-electron chi connectivity index (χ4n) is 1.61. The van der Waals surface area contributed by atoms with Crippen molar-refractivity contribution in [2.75, 3.05) is 0 Å². The third kappa shape index (κ3) is 5.26.